The van der Waals surface area contributed by atoms with Gasteiger partial charge in [-0.15, -0.1) is 0 Å². The molecule has 0 fully saturated rings. The van der Waals surface area contributed by atoms with Crippen molar-refractivity contribution in [2.45, 2.75) is 19.3 Å². The normalized spacial score (nSPS) is 9.93. The number of ether oxygens (including phenoxy) is 1. The Hall–Kier alpha value is -1.71. The Labute approximate surface area is 88.7 Å². The zero-order chi connectivity index (χ0) is 11.3. The van der Waals surface area contributed by atoms with Gasteiger partial charge in [0.1, 0.15) is 5.75 Å². The molecule has 0 aliphatic carbocycles. The van der Waals surface area contributed by atoms with Gasteiger partial charge in [0.25, 0.3) is 0 Å². The first-order chi connectivity index (χ1) is 7.13. The minimum absolute atomic E-state index is 0.172. The first-order valence-electron chi connectivity index (χ1n) is 4.77. The van der Waals surface area contributed by atoms with Gasteiger partial charge in [-0.2, -0.15) is 0 Å². The molecule has 3 N–H and O–H groups in total. The SMILES string of the molecule is COc1ccc(CCCC(=O)O)c(N)c1. The molecule has 4 nitrogen and oxygen atoms in total. The maximum absolute atomic E-state index is 10.3. The van der Waals surface area contributed by atoms with E-state index >= 15 is 0 Å². The standard InChI is InChI=1S/C11H15NO3/c1-15-9-6-5-8(10(12)7-9)3-2-4-11(13)14/h5-7H,2-4,12H2,1H3,(H,13,14). The second-order valence-corrected chi connectivity index (χ2v) is 3.31. The molecular weight excluding hydrogens is 194 g/mol. The second-order valence-electron chi connectivity index (χ2n) is 3.31. The number of anilines is 1. The number of benzene rings is 1. The highest BCUT2D eigenvalue weighted by Crippen LogP contribution is 2.20. The summed E-state index contributed by atoms with van der Waals surface area (Å²) in [5.74, 6) is -0.0587. The quantitative estimate of drug-likeness (QED) is 0.724. The molecule has 1 aromatic carbocycles. The third-order valence-electron chi connectivity index (χ3n) is 2.19. The van der Waals surface area contributed by atoms with E-state index in [1.165, 1.54) is 0 Å². The molecule has 1 aromatic rings. The van der Waals surface area contributed by atoms with Gasteiger partial charge in [0.15, 0.2) is 0 Å². The van der Waals surface area contributed by atoms with Gasteiger partial charge >= 0.3 is 5.97 Å². The molecule has 0 heterocycles. The molecule has 0 spiro atoms. The van der Waals surface area contributed by atoms with E-state index in [9.17, 15) is 4.79 Å². The van der Waals surface area contributed by atoms with Crippen LogP contribution in [0.3, 0.4) is 0 Å². The summed E-state index contributed by atoms with van der Waals surface area (Å²) in [5.41, 5.74) is 7.41. The molecule has 0 aliphatic rings. The Morgan fingerprint density at radius 1 is 1.53 bits per heavy atom. The van der Waals surface area contributed by atoms with Gasteiger partial charge in [-0.3, -0.25) is 4.79 Å². The molecule has 1 rings (SSSR count). The zero-order valence-corrected chi connectivity index (χ0v) is 8.69. The fourth-order valence-corrected chi connectivity index (χ4v) is 1.36. The number of carboxylic acid groups (broad SMARTS) is 1. The fraction of sp³-hybridized carbons (Fsp3) is 0.364. The van der Waals surface area contributed by atoms with Crippen LogP contribution in [-0.2, 0) is 11.2 Å². The predicted octanol–water partition coefficient (Wildman–Crippen LogP) is 1.68. The fourth-order valence-electron chi connectivity index (χ4n) is 1.36. The number of rotatable bonds is 5. The van der Waals surface area contributed by atoms with E-state index < -0.39 is 5.97 Å². The van der Waals surface area contributed by atoms with Crippen molar-refractivity contribution in [2.75, 3.05) is 12.8 Å². The van der Waals surface area contributed by atoms with Gasteiger partial charge in [0.2, 0.25) is 0 Å². The first-order valence-corrected chi connectivity index (χ1v) is 4.77. The molecule has 0 amide bonds. The van der Waals surface area contributed by atoms with Crippen LogP contribution in [0.15, 0.2) is 18.2 Å². The molecule has 0 saturated heterocycles. The molecule has 0 aromatic heterocycles. The van der Waals surface area contributed by atoms with Gasteiger partial charge in [-0.05, 0) is 24.5 Å². The van der Waals surface area contributed by atoms with Crippen molar-refractivity contribution in [1.82, 2.24) is 0 Å². The van der Waals surface area contributed by atoms with Crippen LogP contribution < -0.4 is 10.5 Å². The van der Waals surface area contributed by atoms with Crippen LogP contribution in [0.4, 0.5) is 5.69 Å². The predicted molar refractivity (Wildman–Crippen MR) is 58.0 cm³/mol. The van der Waals surface area contributed by atoms with Crippen molar-refractivity contribution in [3.63, 3.8) is 0 Å². The number of carboxylic acids is 1. The summed E-state index contributed by atoms with van der Waals surface area (Å²) >= 11 is 0. The maximum Gasteiger partial charge on any atom is 0.303 e. The lowest BCUT2D eigenvalue weighted by Crippen LogP contribution is -1.99. The van der Waals surface area contributed by atoms with Gasteiger partial charge in [0.05, 0.1) is 7.11 Å². The molecule has 0 aliphatic heterocycles. The number of nitrogen functional groups attached to an aromatic ring is 1. The summed E-state index contributed by atoms with van der Waals surface area (Å²) in [5, 5.41) is 8.49. The van der Waals surface area contributed by atoms with E-state index in [0.29, 0.717) is 18.5 Å². The molecule has 82 valence electrons. The van der Waals surface area contributed by atoms with Crippen LogP contribution in [0.5, 0.6) is 5.75 Å². The number of nitrogens with two attached hydrogens (primary N) is 1. The molecule has 15 heavy (non-hydrogen) atoms. The van der Waals surface area contributed by atoms with Gasteiger partial charge in [0, 0.05) is 18.2 Å². The van der Waals surface area contributed by atoms with E-state index in [2.05, 4.69) is 0 Å². The number of methoxy groups -OCH3 is 1. The molecule has 4 heteroatoms. The third-order valence-corrected chi connectivity index (χ3v) is 2.19. The Kier molecular flexibility index (Phi) is 3.97. The highest BCUT2D eigenvalue weighted by Gasteiger charge is 2.03. The summed E-state index contributed by atoms with van der Waals surface area (Å²) < 4.78 is 5.02. The van der Waals surface area contributed by atoms with Gasteiger partial charge in [-0.25, -0.2) is 0 Å². The third kappa shape index (κ3) is 3.50. The van der Waals surface area contributed by atoms with E-state index in [1.54, 1.807) is 13.2 Å². The van der Waals surface area contributed by atoms with Crippen LogP contribution in [0.1, 0.15) is 18.4 Å². The summed E-state index contributed by atoms with van der Waals surface area (Å²) in [6, 6.07) is 5.44. The number of hydrogen-bond donors (Lipinski definition) is 2. The second kappa shape index (κ2) is 5.24. The van der Waals surface area contributed by atoms with Gasteiger partial charge in [-0.1, -0.05) is 6.07 Å². The number of carbonyl (C=O) groups is 1. The van der Waals surface area contributed by atoms with Crippen molar-refractivity contribution in [3.8, 4) is 5.75 Å². The number of hydrogen-bond acceptors (Lipinski definition) is 3. The van der Waals surface area contributed by atoms with Crippen molar-refractivity contribution >= 4 is 11.7 Å². The van der Waals surface area contributed by atoms with E-state index in [0.717, 1.165) is 11.3 Å². The lowest BCUT2D eigenvalue weighted by atomic mass is 10.1. The molecule has 0 radical (unpaired) electrons. The number of aliphatic carboxylic acids is 1. The Balaban J connectivity index is 2.58. The van der Waals surface area contributed by atoms with Crippen LogP contribution >= 0.6 is 0 Å². The smallest absolute Gasteiger partial charge is 0.303 e. The number of aryl methyl sites for hydroxylation is 1. The van der Waals surface area contributed by atoms with Crippen LogP contribution in [0.2, 0.25) is 0 Å². The van der Waals surface area contributed by atoms with E-state index in [4.69, 9.17) is 15.6 Å². The van der Waals surface area contributed by atoms with Crippen LogP contribution in [-0.4, -0.2) is 18.2 Å². The Morgan fingerprint density at radius 2 is 2.27 bits per heavy atom. The molecule has 0 atom stereocenters. The lowest BCUT2D eigenvalue weighted by Gasteiger charge is -2.06. The molecular formula is C11H15NO3. The molecule has 0 saturated carbocycles. The maximum atomic E-state index is 10.3. The Morgan fingerprint density at radius 3 is 2.80 bits per heavy atom. The highest BCUT2D eigenvalue weighted by molar-refractivity contribution is 5.66. The van der Waals surface area contributed by atoms with Gasteiger partial charge < -0.3 is 15.6 Å². The van der Waals surface area contributed by atoms with Crippen molar-refractivity contribution < 1.29 is 14.6 Å². The highest BCUT2D eigenvalue weighted by atomic mass is 16.5. The summed E-state index contributed by atoms with van der Waals surface area (Å²) in [4.78, 5) is 10.3. The topological polar surface area (TPSA) is 72.5 Å². The van der Waals surface area contributed by atoms with Crippen molar-refractivity contribution in [2.24, 2.45) is 0 Å². The van der Waals surface area contributed by atoms with E-state index in [-0.39, 0.29) is 6.42 Å². The minimum Gasteiger partial charge on any atom is -0.497 e. The van der Waals surface area contributed by atoms with Crippen molar-refractivity contribution in [1.29, 1.82) is 0 Å². The van der Waals surface area contributed by atoms with Crippen LogP contribution in [0, 0.1) is 0 Å². The lowest BCUT2D eigenvalue weighted by molar-refractivity contribution is -0.137. The summed E-state index contributed by atoms with van der Waals surface area (Å²) in [6.45, 7) is 0. The zero-order valence-electron chi connectivity index (χ0n) is 8.69. The minimum atomic E-state index is -0.776. The first kappa shape index (κ1) is 11.4. The molecule has 0 bridgehead atoms. The van der Waals surface area contributed by atoms with Crippen LogP contribution in [0.25, 0.3) is 0 Å². The van der Waals surface area contributed by atoms with Crippen molar-refractivity contribution in [3.05, 3.63) is 23.8 Å². The Bertz CT molecular complexity index is 350. The average Bonchev–Trinajstić information content (AvgIpc) is 2.20. The summed E-state index contributed by atoms with van der Waals surface area (Å²) in [6.07, 6.45) is 1.46. The largest absolute Gasteiger partial charge is 0.497 e. The van der Waals surface area contributed by atoms with E-state index in [1.807, 2.05) is 12.1 Å². The molecule has 0 unspecified atom stereocenters. The summed E-state index contributed by atoms with van der Waals surface area (Å²) in [7, 11) is 1.58. The monoisotopic (exact) mass is 209 g/mol. The average molecular weight is 209 g/mol.